The summed E-state index contributed by atoms with van der Waals surface area (Å²) in [5, 5.41) is 11.4. The highest BCUT2D eigenvalue weighted by atomic mass is 32.1. The smallest absolute Gasteiger partial charge is 0.0883 e. The summed E-state index contributed by atoms with van der Waals surface area (Å²) >= 11 is 1.76. The predicted molar refractivity (Wildman–Crippen MR) is 91.2 cm³/mol. The maximum Gasteiger partial charge on any atom is 0.0883 e. The zero-order valence-electron chi connectivity index (χ0n) is 11.7. The number of fused-ring (bicyclic) bond motifs is 1. The van der Waals surface area contributed by atoms with Crippen LogP contribution in [0, 0.1) is 0 Å². The Labute approximate surface area is 128 Å². The van der Waals surface area contributed by atoms with Gasteiger partial charge >= 0.3 is 0 Å². The lowest BCUT2D eigenvalue weighted by Crippen LogP contribution is -1.91. The Hall–Kier alpha value is -2.26. The van der Waals surface area contributed by atoms with Crippen LogP contribution >= 0.6 is 11.3 Å². The molecule has 3 aromatic rings. The molecule has 21 heavy (non-hydrogen) atoms. The summed E-state index contributed by atoms with van der Waals surface area (Å²) in [7, 11) is 0. The number of rotatable bonds is 5. The minimum absolute atomic E-state index is 0.846. The lowest BCUT2D eigenvalue weighted by molar-refractivity contribution is 0.984. The third-order valence-electron chi connectivity index (χ3n) is 3.52. The van der Waals surface area contributed by atoms with E-state index in [2.05, 4.69) is 53.0 Å². The fourth-order valence-electron chi connectivity index (χ4n) is 2.25. The zero-order valence-corrected chi connectivity index (χ0v) is 12.6. The van der Waals surface area contributed by atoms with Crippen LogP contribution in [0.25, 0.3) is 21.2 Å². The van der Waals surface area contributed by atoms with Crippen molar-refractivity contribution in [3.63, 3.8) is 0 Å². The highest BCUT2D eigenvalue weighted by Gasteiger charge is 2.05. The molecule has 0 spiro atoms. The van der Waals surface area contributed by atoms with Crippen molar-refractivity contribution < 1.29 is 0 Å². The van der Waals surface area contributed by atoms with Gasteiger partial charge in [0.05, 0.1) is 5.69 Å². The number of thiophene rings is 1. The van der Waals surface area contributed by atoms with Gasteiger partial charge in [0.15, 0.2) is 0 Å². The fourth-order valence-corrected chi connectivity index (χ4v) is 3.02. The Kier molecular flexibility index (Phi) is 3.93. The van der Waals surface area contributed by atoms with Crippen LogP contribution in [-0.4, -0.2) is 10.2 Å². The van der Waals surface area contributed by atoms with E-state index in [1.54, 1.807) is 17.5 Å². The predicted octanol–water partition coefficient (Wildman–Crippen LogP) is 5.20. The van der Waals surface area contributed by atoms with Gasteiger partial charge in [-0.1, -0.05) is 19.2 Å². The van der Waals surface area contributed by atoms with Crippen LogP contribution in [0.2, 0.25) is 0 Å². The average Bonchev–Trinajstić information content (AvgIpc) is 3.00. The maximum atomic E-state index is 4.21. The number of hydrogen-bond acceptors (Lipinski definition) is 3. The van der Waals surface area contributed by atoms with Gasteiger partial charge in [-0.15, -0.1) is 11.3 Å². The van der Waals surface area contributed by atoms with E-state index in [1.165, 1.54) is 15.6 Å². The Morgan fingerprint density at radius 2 is 1.90 bits per heavy atom. The molecule has 3 rings (SSSR count). The molecular formula is C18H16N2S. The van der Waals surface area contributed by atoms with Gasteiger partial charge in [0.1, 0.15) is 0 Å². The molecule has 1 aromatic carbocycles. The molecule has 0 saturated heterocycles. The van der Waals surface area contributed by atoms with E-state index >= 15 is 0 Å². The van der Waals surface area contributed by atoms with Gasteiger partial charge in [-0.2, -0.15) is 10.2 Å². The molecule has 2 nitrogen and oxygen atoms in total. The second-order valence-corrected chi connectivity index (χ2v) is 5.94. The first-order valence-corrected chi connectivity index (χ1v) is 7.73. The van der Waals surface area contributed by atoms with Crippen molar-refractivity contribution in [3.05, 3.63) is 72.4 Å². The number of aromatic nitrogens is 2. The van der Waals surface area contributed by atoms with Gasteiger partial charge in [-0.3, -0.25) is 0 Å². The lowest BCUT2D eigenvalue weighted by Gasteiger charge is -2.08. The summed E-state index contributed by atoms with van der Waals surface area (Å²) in [6, 6.07) is 12.5. The van der Waals surface area contributed by atoms with E-state index in [0.29, 0.717) is 0 Å². The van der Waals surface area contributed by atoms with Crippen molar-refractivity contribution in [2.24, 2.45) is 0 Å². The van der Waals surface area contributed by atoms with Crippen LogP contribution in [0.5, 0.6) is 0 Å². The van der Waals surface area contributed by atoms with Gasteiger partial charge < -0.3 is 0 Å². The quantitative estimate of drug-likeness (QED) is 0.646. The number of allylic oxidation sites excluding steroid dienone is 2. The molecule has 0 aliphatic rings. The van der Waals surface area contributed by atoms with Crippen LogP contribution in [-0.2, 0) is 0 Å². The van der Waals surface area contributed by atoms with Gasteiger partial charge in [0.2, 0.25) is 0 Å². The molecule has 0 bridgehead atoms. The van der Waals surface area contributed by atoms with Crippen molar-refractivity contribution in [1.82, 2.24) is 10.2 Å². The van der Waals surface area contributed by atoms with Crippen LogP contribution in [0.1, 0.15) is 24.1 Å². The maximum absolute atomic E-state index is 4.21. The van der Waals surface area contributed by atoms with Gasteiger partial charge in [0, 0.05) is 10.9 Å². The third-order valence-corrected chi connectivity index (χ3v) is 4.42. The Morgan fingerprint density at radius 3 is 2.71 bits per heavy atom. The molecule has 0 aliphatic carbocycles. The largest absolute Gasteiger partial charge is 0.159 e. The molecule has 0 unspecified atom stereocenters. The van der Waals surface area contributed by atoms with Crippen molar-refractivity contribution >= 4 is 32.6 Å². The normalized spacial score (nSPS) is 10.7. The summed E-state index contributed by atoms with van der Waals surface area (Å²) in [4.78, 5) is 0. The Morgan fingerprint density at radius 1 is 1.05 bits per heavy atom. The summed E-state index contributed by atoms with van der Waals surface area (Å²) in [6.07, 6.45) is 3.40. The summed E-state index contributed by atoms with van der Waals surface area (Å²) in [5.74, 6) is 0. The first-order valence-electron chi connectivity index (χ1n) is 6.85. The van der Waals surface area contributed by atoms with Crippen molar-refractivity contribution in [3.8, 4) is 0 Å². The first kappa shape index (κ1) is 13.7. The minimum Gasteiger partial charge on any atom is -0.159 e. The molecule has 0 N–H and O–H groups in total. The summed E-state index contributed by atoms with van der Waals surface area (Å²) in [5.41, 5.74) is 4.19. The third kappa shape index (κ3) is 3.09. The monoisotopic (exact) mass is 292 g/mol. The molecule has 0 saturated carbocycles. The molecular weight excluding hydrogens is 276 g/mol. The van der Waals surface area contributed by atoms with Crippen LogP contribution in [0.15, 0.2) is 61.1 Å². The standard InChI is InChI=1S/C18H16N2S/c1-13(5-6-14(2)17-4-3-10-19-20-17)15-7-8-18-16(12-15)9-11-21-18/h3-4,7-12H,1-2,5-6H2. The van der Waals surface area contributed by atoms with E-state index in [1.807, 2.05) is 12.1 Å². The lowest BCUT2D eigenvalue weighted by atomic mass is 9.98. The Bertz CT molecular complexity index is 787. The highest BCUT2D eigenvalue weighted by molar-refractivity contribution is 7.17. The molecule has 0 fully saturated rings. The second-order valence-electron chi connectivity index (χ2n) is 4.99. The first-order chi connectivity index (χ1) is 10.2. The Balaban J connectivity index is 1.67. The van der Waals surface area contributed by atoms with E-state index in [0.717, 1.165) is 29.7 Å². The van der Waals surface area contributed by atoms with Gasteiger partial charge in [0.25, 0.3) is 0 Å². The number of hydrogen-bond donors (Lipinski definition) is 0. The van der Waals surface area contributed by atoms with E-state index in [4.69, 9.17) is 0 Å². The topological polar surface area (TPSA) is 25.8 Å². The second kappa shape index (κ2) is 6.02. The van der Waals surface area contributed by atoms with Crippen molar-refractivity contribution in [2.75, 3.05) is 0 Å². The van der Waals surface area contributed by atoms with Gasteiger partial charge in [-0.05, 0) is 70.6 Å². The van der Waals surface area contributed by atoms with Crippen LogP contribution < -0.4 is 0 Å². The molecule has 0 radical (unpaired) electrons. The number of nitrogens with zero attached hydrogens (tertiary/aromatic N) is 2. The average molecular weight is 292 g/mol. The van der Waals surface area contributed by atoms with E-state index in [-0.39, 0.29) is 0 Å². The van der Waals surface area contributed by atoms with Crippen molar-refractivity contribution in [2.45, 2.75) is 12.8 Å². The summed E-state index contributed by atoms with van der Waals surface area (Å²) in [6.45, 7) is 8.30. The molecule has 0 amide bonds. The van der Waals surface area contributed by atoms with Crippen LogP contribution in [0.4, 0.5) is 0 Å². The molecule has 0 atom stereocenters. The van der Waals surface area contributed by atoms with Crippen molar-refractivity contribution in [1.29, 1.82) is 0 Å². The fraction of sp³-hybridized carbons (Fsp3) is 0.111. The zero-order chi connectivity index (χ0) is 14.7. The molecule has 104 valence electrons. The minimum atomic E-state index is 0.846. The van der Waals surface area contributed by atoms with E-state index < -0.39 is 0 Å². The summed E-state index contributed by atoms with van der Waals surface area (Å²) < 4.78 is 1.32. The van der Waals surface area contributed by atoms with Gasteiger partial charge in [-0.25, -0.2) is 0 Å². The van der Waals surface area contributed by atoms with Crippen LogP contribution in [0.3, 0.4) is 0 Å². The SMILES string of the molecule is C=C(CCC(=C)c1cccnn1)c1ccc2sccc2c1. The molecule has 2 aromatic heterocycles. The highest BCUT2D eigenvalue weighted by Crippen LogP contribution is 2.28. The number of benzene rings is 1. The molecule has 3 heteroatoms. The molecule has 2 heterocycles. The molecule has 0 aliphatic heterocycles. The van der Waals surface area contributed by atoms with E-state index in [9.17, 15) is 0 Å².